The highest BCUT2D eigenvalue weighted by molar-refractivity contribution is 6.09. The van der Waals surface area contributed by atoms with Crippen LogP contribution in [0.5, 0.6) is 0 Å². The fourth-order valence-corrected chi connectivity index (χ4v) is 2.70. The van der Waals surface area contributed by atoms with Gasteiger partial charge in [0.05, 0.1) is 16.8 Å². The summed E-state index contributed by atoms with van der Waals surface area (Å²) >= 11 is 0. The number of nitrogens with one attached hydrogen (secondary N) is 2. The summed E-state index contributed by atoms with van der Waals surface area (Å²) in [6.45, 7) is 2.16. The molecule has 0 fully saturated rings. The van der Waals surface area contributed by atoms with Crippen LogP contribution >= 0.6 is 0 Å². The van der Waals surface area contributed by atoms with Crippen molar-refractivity contribution in [2.24, 2.45) is 0 Å². The fourth-order valence-electron chi connectivity index (χ4n) is 2.70. The standard InChI is InChI=1S/C22H16F4N2O2/c1-12-6-8-13(9-7-12)11-27-21(29)14-4-2-3-5-17(14)28-22(30)15-10-16(23)19(25)20(26)18(15)24/h2-10H,11H2,1H3,(H,27,29)(H,28,30). The van der Waals surface area contributed by atoms with Crippen molar-refractivity contribution < 1.29 is 27.2 Å². The number of rotatable bonds is 5. The van der Waals surface area contributed by atoms with Crippen molar-refractivity contribution in [2.75, 3.05) is 5.32 Å². The largest absolute Gasteiger partial charge is 0.348 e. The Morgan fingerprint density at radius 3 is 2.17 bits per heavy atom. The van der Waals surface area contributed by atoms with Crippen LogP contribution in [0, 0.1) is 30.2 Å². The monoisotopic (exact) mass is 416 g/mol. The second kappa shape index (κ2) is 8.77. The molecule has 0 atom stereocenters. The molecule has 2 amide bonds. The van der Waals surface area contributed by atoms with E-state index in [4.69, 9.17) is 0 Å². The minimum Gasteiger partial charge on any atom is -0.348 e. The lowest BCUT2D eigenvalue weighted by Gasteiger charge is -2.12. The second-order valence-corrected chi connectivity index (χ2v) is 6.52. The van der Waals surface area contributed by atoms with Crippen molar-refractivity contribution in [2.45, 2.75) is 13.5 Å². The Morgan fingerprint density at radius 2 is 1.47 bits per heavy atom. The van der Waals surface area contributed by atoms with Crippen LogP contribution in [-0.2, 0) is 6.54 Å². The van der Waals surface area contributed by atoms with Crippen LogP contribution < -0.4 is 10.6 Å². The molecule has 154 valence electrons. The van der Waals surface area contributed by atoms with E-state index in [1.165, 1.54) is 18.2 Å². The van der Waals surface area contributed by atoms with E-state index in [0.29, 0.717) is 0 Å². The molecule has 0 bridgehead atoms. The molecule has 0 aromatic heterocycles. The Labute approximate surface area is 169 Å². The molecule has 0 aliphatic carbocycles. The summed E-state index contributed by atoms with van der Waals surface area (Å²) in [5.41, 5.74) is 0.949. The number of carbonyl (C=O) groups is 2. The minimum absolute atomic E-state index is 0.00607. The number of aryl methyl sites for hydroxylation is 1. The van der Waals surface area contributed by atoms with Crippen LogP contribution in [-0.4, -0.2) is 11.8 Å². The molecule has 30 heavy (non-hydrogen) atoms. The Morgan fingerprint density at radius 1 is 0.800 bits per heavy atom. The van der Waals surface area contributed by atoms with E-state index < -0.39 is 40.6 Å². The van der Waals surface area contributed by atoms with Crippen LogP contribution in [0.2, 0.25) is 0 Å². The van der Waals surface area contributed by atoms with E-state index in [1.807, 2.05) is 31.2 Å². The van der Waals surface area contributed by atoms with E-state index in [2.05, 4.69) is 10.6 Å². The lowest BCUT2D eigenvalue weighted by Crippen LogP contribution is -2.25. The third kappa shape index (κ3) is 4.48. The smallest absolute Gasteiger partial charge is 0.258 e. The fraction of sp³-hybridized carbons (Fsp3) is 0.0909. The van der Waals surface area contributed by atoms with Crippen molar-refractivity contribution >= 4 is 17.5 Å². The van der Waals surface area contributed by atoms with Gasteiger partial charge in [-0.05, 0) is 30.7 Å². The maximum Gasteiger partial charge on any atom is 0.258 e. The van der Waals surface area contributed by atoms with Crippen LogP contribution in [0.4, 0.5) is 23.2 Å². The Balaban J connectivity index is 1.79. The molecule has 0 heterocycles. The maximum absolute atomic E-state index is 13.9. The van der Waals surface area contributed by atoms with Gasteiger partial charge in [-0.15, -0.1) is 0 Å². The highest BCUT2D eigenvalue weighted by Gasteiger charge is 2.24. The molecular formula is C22H16F4N2O2. The van der Waals surface area contributed by atoms with E-state index in [-0.39, 0.29) is 23.9 Å². The van der Waals surface area contributed by atoms with E-state index >= 15 is 0 Å². The molecule has 0 radical (unpaired) electrons. The van der Waals surface area contributed by atoms with Crippen LogP contribution in [0.3, 0.4) is 0 Å². The Kier molecular flexibility index (Phi) is 6.15. The van der Waals surface area contributed by atoms with Gasteiger partial charge in [0.2, 0.25) is 0 Å². The summed E-state index contributed by atoms with van der Waals surface area (Å²) < 4.78 is 53.8. The van der Waals surface area contributed by atoms with Gasteiger partial charge in [0, 0.05) is 6.54 Å². The van der Waals surface area contributed by atoms with Gasteiger partial charge in [-0.25, -0.2) is 17.6 Å². The summed E-state index contributed by atoms with van der Waals surface area (Å²) in [6, 6.07) is 13.6. The molecule has 0 unspecified atom stereocenters. The van der Waals surface area contributed by atoms with Crippen LogP contribution in [0.1, 0.15) is 31.8 Å². The predicted molar refractivity (Wildman–Crippen MR) is 103 cm³/mol. The summed E-state index contributed by atoms with van der Waals surface area (Å²) in [5, 5.41) is 4.92. The molecule has 0 saturated carbocycles. The van der Waals surface area contributed by atoms with E-state index in [0.717, 1.165) is 11.1 Å². The van der Waals surface area contributed by atoms with Gasteiger partial charge in [0.25, 0.3) is 11.8 Å². The minimum atomic E-state index is -2.09. The van der Waals surface area contributed by atoms with E-state index in [1.54, 1.807) is 6.07 Å². The van der Waals surface area contributed by atoms with Crippen molar-refractivity contribution in [3.8, 4) is 0 Å². The highest BCUT2D eigenvalue weighted by Crippen LogP contribution is 2.21. The number of benzene rings is 3. The molecule has 0 saturated heterocycles. The van der Waals surface area contributed by atoms with Gasteiger partial charge in [0.15, 0.2) is 23.3 Å². The molecule has 3 rings (SSSR count). The van der Waals surface area contributed by atoms with Gasteiger partial charge in [-0.1, -0.05) is 42.0 Å². The molecule has 2 N–H and O–H groups in total. The number of hydrogen-bond donors (Lipinski definition) is 2. The Bertz CT molecular complexity index is 1110. The van der Waals surface area contributed by atoms with Crippen LogP contribution in [0.25, 0.3) is 0 Å². The van der Waals surface area contributed by atoms with Crippen molar-refractivity contribution in [1.29, 1.82) is 0 Å². The lowest BCUT2D eigenvalue weighted by atomic mass is 10.1. The zero-order chi connectivity index (χ0) is 21.8. The number of halogens is 4. The molecule has 0 spiro atoms. The van der Waals surface area contributed by atoms with Gasteiger partial charge in [0.1, 0.15) is 0 Å². The predicted octanol–water partition coefficient (Wildman–Crippen LogP) is 4.73. The SMILES string of the molecule is Cc1ccc(CNC(=O)c2ccccc2NC(=O)c2cc(F)c(F)c(F)c2F)cc1. The first-order chi connectivity index (χ1) is 14.3. The number of para-hydroxylation sites is 1. The second-order valence-electron chi connectivity index (χ2n) is 6.52. The summed E-state index contributed by atoms with van der Waals surface area (Å²) in [4.78, 5) is 24.8. The van der Waals surface area contributed by atoms with Gasteiger partial charge >= 0.3 is 0 Å². The average molecular weight is 416 g/mol. The quantitative estimate of drug-likeness (QED) is 0.359. The molecule has 4 nitrogen and oxygen atoms in total. The third-order valence-electron chi connectivity index (χ3n) is 4.34. The van der Waals surface area contributed by atoms with Crippen molar-refractivity contribution in [3.05, 3.63) is 100 Å². The average Bonchev–Trinajstić information content (AvgIpc) is 2.74. The zero-order valence-electron chi connectivity index (χ0n) is 15.7. The highest BCUT2D eigenvalue weighted by atomic mass is 19.2. The third-order valence-corrected chi connectivity index (χ3v) is 4.34. The topological polar surface area (TPSA) is 58.2 Å². The van der Waals surface area contributed by atoms with Gasteiger partial charge in [-0.3, -0.25) is 9.59 Å². The zero-order valence-corrected chi connectivity index (χ0v) is 15.7. The molecule has 3 aromatic rings. The number of anilines is 1. The Hall–Kier alpha value is -3.68. The lowest BCUT2D eigenvalue weighted by molar-refractivity contribution is 0.0952. The van der Waals surface area contributed by atoms with E-state index in [9.17, 15) is 27.2 Å². The molecule has 0 aliphatic rings. The first-order valence-corrected chi connectivity index (χ1v) is 8.85. The number of hydrogen-bond acceptors (Lipinski definition) is 2. The molecule has 3 aromatic carbocycles. The summed E-state index contributed by atoms with van der Waals surface area (Å²) in [5.74, 6) is -9.40. The summed E-state index contributed by atoms with van der Waals surface area (Å²) in [6.07, 6.45) is 0. The maximum atomic E-state index is 13.9. The molecule has 0 aliphatic heterocycles. The summed E-state index contributed by atoms with van der Waals surface area (Å²) in [7, 11) is 0. The first-order valence-electron chi connectivity index (χ1n) is 8.85. The van der Waals surface area contributed by atoms with Gasteiger partial charge < -0.3 is 10.6 Å². The van der Waals surface area contributed by atoms with Gasteiger partial charge in [-0.2, -0.15) is 0 Å². The van der Waals surface area contributed by atoms with Crippen LogP contribution in [0.15, 0.2) is 54.6 Å². The van der Waals surface area contributed by atoms with Crippen molar-refractivity contribution in [3.63, 3.8) is 0 Å². The first kappa shape index (κ1) is 21.0. The van der Waals surface area contributed by atoms with Crippen molar-refractivity contribution in [1.82, 2.24) is 5.32 Å². The molecular weight excluding hydrogens is 400 g/mol. The normalized spacial score (nSPS) is 10.6. The number of carbonyl (C=O) groups excluding carboxylic acids is 2. The molecule has 8 heteroatoms. The number of amides is 2.